The fraction of sp³-hybridized carbons (Fsp3) is 0.609. The van der Waals surface area contributed by atoms with Crippen molar-refractivity contribution in [2.45, 2.75) is 37.8 Å². The molecule has 34 heavy (non-hydrogen) atoms. The number of nitrogens with zero attached hydrogens (tertiary/aromatic N) is 5. The summed E-state index contributed by atoms with van der Waals surface area (Å²) in [5, 5.41) is 10.1. The second-order valence-corrected chi connectivity index (χ2v) is 9.90. The van der Waals surface area contributed by atoms with Gasteiger partial charge in [-0.15, -0.1) is 0 Å². The van der Waals surface area contributed by atoms with Crippen molar-refractivity contribution < 1.29 is 24.1 Å². The van der Waals surface area contributed by atoms with Gasteiger partial charge in [0.2, 0.25) is 0 Å². The van der Waals surface area contributed by atoms with E-state index in [1.165, 1.54) is 4.90 Å². The number of carboxylic acid groups (broad SMARTS) is 1. The Kier molecular flexibility index (Phi) is 6.57. The van der Waals surface area contributed by atoms with Crippen LogP contribution in [0, 0.1) is 0 Å². The van der Waals surface area contributed by atoms with Crippen LogP contribution in [0.5, 0.6) is 17.5 Å². The fourth-order valence-electron chi connectivity index (χ4n) is 4.54. The molecule has 1 aliphatic carbocycles. The normalized spacial score (nSPS) is 21.2. The summed E-state index contributed by atoms with van der Waals surface area (Å²) in [4.78, 5) is 26.8. The number of rotatable bonds is 7. The minimum atomic E-state index is -0.900. The van der Waals surface area contributed by atoms with Crippen molar-refractivity contribution in [3.05, 3.63) is 10.5 Å². The summed E-state index contributed by atoms with van der Waals surface area (Å²) in [6.45, 7) is 3.45. The van der Waals surface area contributed by atoms with Gasteiger partial charge in [0.1, 0.15) is 28.2 Å². The van der Waals surface area contributed by atoms with E-state index in [1.54, 1.807) is 7.11 Å². The zero-order valence-corrected chi connectivity index (χ0v) is 21.1. The van der Waals surface area contributed by atoms with Crippen molar-refractivity contribution in [1.82, 2.24) is 19.8 Å². The monoisotopic (exact) mass is 535 g/mol. The van der Waals surface area contributed by atoms with Gasteiger partial charge < -0.3 is 34.0 Å². The van der Waals surface area contributed by atoms with E-state index in [2.05, 4.69) is 32.8 Å². The molecule has 1 saturated carbocycles. The van der Waals surface area contributed by atoms with Crippen LogP contribution in [0.15, 0.2) is 10.5 Å². The minimum absolute atomic E-state index is 0.167. The number of ether oxygens (including phenoxy) is 3. The lowest BCUT2D eigenvalue weighted by molar-refractivity contribution is 0.142. The molecule has 0 bridgehead atoms. The molecule has 2 aliphatic heterocycles. The van der Waals surface area contributed by atoms with Crippen LogP contribution in [0.4, 0.5) is 10.6 Å². The molecule has 1 aromatic carbocycles. The standard InChI is InChI=1S/C23H30BrN5O5/c1-27-7-3-4-14(27)13-33-22-25-19-16(12-17(32-2)18(24)20(19)34-15-5-6-15)21(26-22)28-8-10-29(11-9-28)23(30)31/h12,14-15H,3-11,13H2,1-2H3,(H,30,31). The number of methoxy groups -OCH3 is 1. The van der Waals surface area contributed by atoms with Crippen molar-refractivity contribution in [2.75, 3.05) is 58.4 Å². The van der Waals surface area contributed by atoms with Crippen molar-refractivity contribution in [1.29, 1.82) is 0 Å². The van der Waals surface area contributed by atoms with Gasteiger partial charge in [0.15, 0.2) is 5.75 Å². The van der Waals surface area contributed by atoms with Gasteiger partial charge in [0.05, 0.1) is 18.6 Å². The molecule has 1 atom stereocenters. The quantitative estimate of drug-likeness (QED) is 0.572. The maximum atomic E-state index is 11.4. The van der Waals surface area contributed by atoms with Gasteiger partial charge in [0, 0.05) is 32.2 Å². The van der Waals surface area contributed by atoms with Gasteiger partial charge in [-0.3, -0.25) is 0 Å². The Bertz CT molecular complexity index is 1070. The molecule has 0 radical (unpaired) electrons. The Balaban J connectivity index is 1.55. The maximum Gasteiger partial charge on any atom is 0.407 e. The lowest BCUT2D eigenvalue weighted by atomic mass is 10.1. The summed E-state index contributed by atoms with van der Waals surface area (Å²) >= 11 is 3.65. The van der Waals surface area contributed by atoms with Gasteiger partial charge in [-0.1, -0.05) is 0 Å². The van der Waals surface area contributed by atoms with Crippen molar-refractivity contribution in [3.8, 4) is 17.5 Å². The molecule has 3 heterocycles. The third kappa shape index (κ3) is 4.68. The number of likely N-dealkylation sites (tertiary alicyclic amines) is 1. The van der Waals surface area contributed by atoms with E-state index >= 15 is 0 Å². The molecule has 5 rings (SSSR count). The van der Waals surface area contributed by atoms with Crippen molar-refractivity contribution in [2.24, 2.45) is 0 Å². The summed E-state index contributed by atoms with van der Waals surface area (Å²) < 4.78 is 18.7. The lowest BCUT2D eigenvalue weighted by Gasteiger charge is -2.34. The first-order valence-corrected chi connectivity index (χ1v) is 12.5. The molecule has 11 heteroatoms. The smallest absolute Gasteiger partial charge is 0.407 e. The van der Waals surface area contributed by atoms with Crippen LogP contribution in [0.25, 0.3) is 10.9 Å². The molecule has 184 valence electrons. The first kappa shape index (κ1) is 23.2. The number of anilines is 1. The molecular weight excluding hydrogens is 506 g/mol. The van der Waals surface area contributed by atoms with Gasteiger partial charge in [0.25, 0.3) is 0 Å². The highest BCUT2D eigenvalue weighted by Crippen LogP contribution is 2.45. The third-order valence-corrected chi connectivity index (χ3v) is 7.52. The Hall–Kier alpha value is -2.53. The fourth-order valence-corrected chi connectivity index (χ4v) is 5.10. The van der Waals surface area contributed by atoms with E-state index in [9.17, 15) is 9.90 Å². The largest absolute Gasteiger partial charge is 0.495 e. The van der Waals surface area contributed by atoms with E-state index in [0.29, 0.717) is 67.7 Å². The van der Waals surface area contributed by atoms with Crippen LogP contribution in [0.1, 0.15) is 25.7 Å². The second kappa shape index (κ2) is 9.61. The molecule has 3 fully saturated rings. The first-order chi connectivity index (χ1) is 16.4. The van der Waals surface area contributed by atoms with Crippen molar-refractivity contribution >= 4 is 38.7 Å². The summed E-state index contributed by atoms with van der Waals surface area (Å²) in [6, 6.07) is 2.56. The van der Waals surface area contributed by atoms with E-state index in [4.69, 9.17) is 24.2 Å². The number of aromatic nitrogens is 2. The zero-order chi connectivity index (χ0) is 23.8. The van der Waals surface area contributed by atoms with Crippen LogP contribution in [0.2, 0.25) is 0 Å². The third-order valence-electron chi connectivity index (χ3n) is 6.77. The number of likely N-dealkylation sites (N-methyl/N-ethyl adjacent to an activating group) is 1. The van der Waals surface area contributed by atoms with Crippen LogP contribution < -0.4 is 19.1 Å². The zero-order valence-electron chi connectivity index (χ0n) is 19.5. The summed E-state index contributed by atoms with van der Waals surface area (Å²) in [5.41, 5.74) is 0.667. The highest BCUT2D eigenvalue weighted by Gasteiger charge is 2.30. The van der Waals surface area contributed by atoms with E-state index < -0.39 is 6.09 Å². The summed E-state index contributed by atoms with van der Waals surface area (Å²) in [7, 11) is 3.73. The Morgan fingerprint density at radius 2 is 1.94 bits per heavy atom. The molecule has 2 saturated heterocycles. The highest BCUT2D eigenvalue weighted by molar-refractivity contribution is 9.10. The average molecular weight is 536 g/mol. The minimum Gasteiger partial charge on any atom is -0.495 e. The number of piperazine rings is 1. The molecule has 1 amide bonds. The molecule has 1 N–H and O–H groups in total. The van der Waals surface area contributed by atoms with Gasteiger partial charge in [-0.25, -0.2) is 4.79 Å². The average Bonchev–Trinajstić information content (AvgIpc) is 3.57. The number of halogens is 1. The number of carbonyl (C=O) groups is 1. The van der Waals surface area contributed by atoms with Gasteiger partial charge in [-0.2, -0.15) is 9.97 Å². The van der Waals surface area contributed by atoms with Crippen LogP contribution >= 0.6 is 15.9 Å². The number of fused-ring (bicyclic) bond motifs is 1. The Morgan fingerprint density at radius 3 is 2.56 bits per heavy atom. The van der Waals surface area contributed by atoms with Crippen LogP contribution in [-0.2, 0) is 0 Å². The van der Waals surface area contributed by atoms with E-state index in [1.807, 2.05) is 6.07 Å². The molecule has 3 aliphatic rings. The first-order valence-electron chi connectivity index (χ1n) is 11.8. The lowest BCUT2D eigenvalue weighted by Crippen LogP contribution is -2.48. The summed E-state index contributed by atoms with van der Waals surface area (Å²) in [6.07, 6.45) is 3.54. The highest BCUT2D eigenvalue weighted by atomic mass is 79.9. The molecule has 0 spiro atoms. The predicted molar refractivity (Wildman–Crippen MR) is 130 cm³/mol. The predicted octanol–water partition coefficient (Wildman–Crippen LogP) is 3.22. The van der Waals surface area contributed by atoms with E-state index in [0.717, 1.165) is 42.1 Å². The van der Waals surface area contributed by atoms with Gasteiger partial charge >= 0.3 is 12.1 Å². The number of benzene rings is 1. The molecule has 1 aromatic heterocycles. The molecule has 2 aromatic rings. The molecular formula is C23H30BrN5O5. The van der Waals surface area contributed by atoms with Crippen LogP contribution in [-0.4, -0.2) is 96.6 Å². The summed E-state index contributed by atoms with van der Waals surface area (Å²) in [5.74, 6) is 1.97. The number of hydrogen-bond acceptors (Lipinski definition) is 8. The SMILES string of the molecule is COc1cc2c(N3CCN(C(=O)O)CC3)nc(OCC3CCCN3C)nc2c(OC2CC2)c1Br. The number of hydrogen-bond donors (Lipinski definition) is 1. The topological polar surface area (TPSA) is 100 Å². The van der Waals surface area contributed by atoms with Crippen molar-refractivity contribution in [3.63, 3.8) is 0 Å². The van der Waals surface area contributed by atoms with Gasteiger partial charge in [-0.05, 0) is 61.3 Å². The molecule has 1 unspecified atom stereocenters. The van der Waals surface area contributed by atoms with E-state index in [-0.39, 0.29) is 6.10 Å². The Morgan fingerprint density at radius 1 is 1.18 bits per heavy atom. The maximum absolute atomic E-state index is 11.4. The van der Waals surface area contributed by atoms with Crippen LogP contribution in [0.3, 0.4) is 0 Å². The Labute approximate surface area is 206 Å². The molecule has 10 nitrogen and oxygen atoms in total. The second-order valence-electron chi connectivity index (χ2n) is 9.11. The number of amides is 1.